The third-order valence-electron chi connectivity index (χ3n) is 5.14. The molecule has 0 aliphatic carbocycles. The van der Waals surface area contributed by atoms with Crippen LogP contribution in [0, 0.1) is 11.6 Å². The Morgan fingerprint density at radius 2 is 1.52 bits per heavy atom. The number of halogens is 5. The molecule has 31 heavy (non-hydrogen) atoms. The SMILES string of the molecule is Fc1ccc(OCCN2CCN(CCCc3ccccc3OC(F)(F)F)CC2)c(F)c1. The van der Waals surface area contributed by atoms with E-state index >= 15 is 0 Å². The first kappa shape index (κ1) is 23.3. The molecular weight excluding hydrogens is 419 g/mol. The number of hydrogen-bond donors (Lipinski definition) is 0. The summed E-state index contributed by atoms with van der Waals surface area (Å²) in [7, 11) is 0. The Balaban J connectivity index is 1.34. The maximum Gasteiger partial charge on any atom is 0.573 e. The van der Waals surface area contributed by atoms with Gasteiger partial charge < -0.3 is 14.4 Å². The second kappa shape index (κ2) is 10.8. The molecule has 0 aromatic heterocycles. The Kier molecular flexibility index (Phi) is 8.09. The van der Waals surface area contributed by atoms with Crippen molar-refractivity contribution in [1.82, 2.24) is 9.80 Å². The molecule has 0 unspecified atom stereocenters. The van der Waals surface area contributed by atoms with Crippen LogP contribution >= 0.6 is 0 Å². The predicted octanol–water partition coefficient (Wildman–Crippen LogP) is 4.49. The first-order valence-corrected chi connectivity index (χ1v) is 10.2. The highest BCUT2D eigenvalue weighted by molar-refractivity contribution is 5.33. The molecule has 0 atom stereocenters. The Morgan fingerprint density at radius 1 is 0.839 bits per heavy atom. The van der Waals surface area contributed by atoms with Gasteiger partial charge in [-0.1, -0.05) is 18.2 Å². The van der Waals surface area contributed by atoms with E-state index in [-0.39, 0.29) is 11.5 Å². The van der Waals surface area contributed by atoms with Gasteiger partial charge in [0.1, 0.15) is 18.2 Å². The number of aryl methyl sites for hydroxylation is 1. The summed E-state index contributed by atoms with van der Waals surface area (Å²) in [6.45, 7) is 5.04. The van der Waals surface area contributed by atoms with Crippen LogP contribution in [0.5, 0.6) is 11.5 Å². The van der Waals surface area contributed by atoms with E-state index in [0.717, 1.165) is 51.3 Å². The fourth-order valence-corrected chi connectivity index (χ4v) is 3.54. The lowest BCUT2D eigenvalue weighted by Gasteiger charge is -2.34. The lowest BCUT2D eigenvalue weighted by atomic mass is 10.1. The first-order chi connectivity index (χ1) is 14.8. The minimum Gasteiger partial charge on any atom is -0.489 e. The second-order valence-corrected chi connectivity index (χ2v) is 7.37. The van der Waals surface area contributed by atoms with Crippen molar-refractivity contribution < 1.29 is 31.4 Å². The van der Waals surface area contributed by atoms with Crippen molar-refractivity contribution in [1.29, 1.82) is 0 Å². The van der Waals surface area contributed by atoms with Crippen LogP contribution in [-0.2, 0) is 6.42 Å². The van der Waals surface area contributed by atoms with Gasteiger partial charge in [-0.2, -0.15) is 0 Å². The highest BCUT2D eigenvalue weighted by Crippen LogP contribution is 2.27. The molecule has 1 aliphatic rings. The van der Waals surface area contributed by atoms with Gasteiger partial charge in [-0.3, -0.25) is 4.90 Å². The fourth-order valence-electron chi connectivity index (χ4n) is 3.54. The van der Waals surface area contributed by atoms with Gasteiger partial charge in [-0.05, 0) is 43.1 Å². The Bertz CT molecular complexity index is 839. The number of para-hydroxylation sites is 1. The molecule has 3 rings (SSSR count). The van der Waals surface area contributed by atoms with Gasteiger partial charge in [0.25, 0.3) is 0 Å². The summed E-state index contributed by atoms with van der Waals surface area (Å²) in [5, 5.41) is 0. The average Bonchev–Trinajstić information content (AvgIpc) is 2.71. The van der Waals surface area contributed by atoms with Crippen molar-refractivity contribution in [2.45, 2.75) is 19.2 Å². The Labute approximate surface area is 178 Å². The number of ether oxygens (including phenoxy) is 2. The molecule has 1 saturated heterocycles. The van der Waals surface area contributed by atoms with Crippen LogP contribution in [0.25, 0.3) is 0 Å². The number of hydrogen-bond acceptors (Lipinski definition) is 4. The van der Waals surface area contributed by atoms with Crippen molar-refractivity contribution in [2.75, 3.05) is 45.9 Å². The molecule has 4 nitrogen and oxygen atoms in total. The largest absolute Gasteiger partial charge is 0.573 e. The minimum atomic E-state index is -4.70. The van der Waals surface area contributed by atoms with Crippen molar-refractivity contribution in [3.63, 3.8) is 0 Å². The van der Waals surface area contributed by atoms with Gasteiger partial charge in [0.2, 0.25) is 0 Å². The lowest BCUT2D eigenvalue weighted by molar-refractivity contribution is -0.274. The van der Waals surface area contributed by atoms with Gasteiger partial charge in [-0.25, -0.2) is 8.78 Å². The van der Waals surface area contributed by atoms with E-state index in [1.54, 1.807) is 12.1 Å². The summed E-state index contributed by atoms with van der Waals surface area (Å²) < 4.78 is 73.5. The highest BCUT2D eigenvalue weighted by Gasteiger charge is 2.31. The van der Waals surface area contributed by atoms with E-state index in [4.69, 9.17) is 4.74 Å². The molecule has 1 heterocycles. The van der Waals surface area contributed by atoms with E-state index in [1.165, 1.54) is 18.2 Å². The maximum atomic E-state index is 13.6. The summed E-state index contributed by atoms with van der Waals surface area (Å²) in [6, 6.07) is 9.45. The summed E-state index contributed by atoms with van der Waals surface area (Å²) in [5.41, 5.74) is 0.545. The monoisotopic (exact) mass is 444 g/mol. The Morgan fingerprint density at radius 3 is 2.19 bits per heavy atom. The van der Waals surface area contributed by atoms with Crippen LogP contribution in [0.4, 0.5) is 22.0 Å². The number of rotatable bonds is 9. The van der Waals surface area contributed by atoms with Crippen molar-refractivity contribution in [3.8, 4) is 11.5 Å². The van der Waals surface area contributed by atoms with Crippen LogP contribution in [0.15, 0.2) is 42.5 Å². The zero-order valence-corrected chi connectivity index (χ0v) is 17.0. The average molecular weight is 444 g/mol. The van der Waals surface area contributed by atoms with E-state index in [2.05, 4.69) is 14.5 Å². The third-order valence-corrected chi connectivity index (χ3v) is 5.14. The summed E-state index contributed by atoms with van der Waals surface area (Å²) in [5.74, 6) is -1.46. The van der Waals surface area contributed by atoms with Gasteiger partial charge in [-0.15, -0.1) is 13.2 Å². The number of piperazine rings is 1. The van der Waals surface area contributed by atoms with Gasteiger partial charge in [0, 0.05) is 38.8 Å². The van der Waals surface area contributed by atoms with Gasteiger partial charge in [0.15, 0.2) is 11.6 Å². The second-order valence-electron chi connectivity index (χ2n) is 7.37. The van der Waals surface area contributed by atoms with Crippen molar-refractivity contribution in [2.24, 2.45) is 0 Å². The molecule has 0 bridgehead atoms. The van der Waals surface area contributed by atoms with Crippen LogP contribution in [0.3, 0.4) is 0 Å². The summed E-state index contributed by atoms with van der Waals surface area (Å²) in [4.78, 5) is 4.47. The Hall–Kier alpha value is -2.39. The van der Waals surface area contributed by atoms with Crippen LogP contribution in [0.1, 0.15) is 12.0 Å². The van der Waals surface area contributed by atoms with E-state index in [9.17, 15) is 22.0 Å². The molecule has 1 aliphatic heterocycles. The summed E-state index contributed by atoms with van der Waals surface area (Å²) >= 11 is 0. The first-order valence-electron chi connectivity index (χ1n) is 10.2. The van der Waals surface area contributed by atoms with Crippen LogP contribution in [0.2, 0.25) is 0 Å². The number of benzene rings is 2. The molecule has 2 aromatic carbocycles. The molecule has 170 valence electrons. The predicted molar refractivity (Wildman–Crippen MR) is 106 cm³/mol. The van der Waals surface area contributed by atoms with E-state index in [0.29, 0.717) is 25.1 Å². The molecule has 0 radical (unpaired) electrons. The normalized spacial score (nSPS) is 15.8. The molecule has 1 fully saturated rings. The maximum absolute atomic E-state index is 13.6. The van der Waals surface area contributed by atoms with Crippen LogP contribution < -0.4 is 9.47 Å². The number of nitrogens with zero attached hydrogens (tertiary/aromatic N) is 2. The highest BCUT2D eigenvalue weighted by atomic mass is 19.4. The molecule has 9 heteroatoms. The smallest absolute Gasteiger partial charge is 0.489 e. The molecule has 0 spiro atoms. The van der Waals surface area contributed by atoms with E-state index in [1.807, 2.05) is 0 Å². The number of alkyl halides is 3. The minimum absolute atomic E-state index is 0.0369. The van der Waals surface area contributed by atoms with Crippen molar-refractivity contribution in [3.05, 3.63) is 59.7 Å². The van der Waals surface area contributed by atoms with Gasteiger partial charge >= 0.3 is 6.36 Å². The molecular formula is C22H25F5N2O2. The third kappa shape index (κ3) is 7.66. The zero-order chi connectivity index (χ0) is 22.3. The molecule has 0 N–H and O–H groups in total. The van der Waals surface area contributed by atoms with Crippen molar-refractivity contribution >= 4 is 0 Å². The van der Waals surface area contributed by atoms with Crippen LogP contribution in [-0.4, -0.2) is 62.0 Å². The standard InChI is InChI=1S/C22H25F5N2O2/c23-18-7-8-21(19(24)16-18)30-15-14-29-12-10-28(11-13-29)9-3-5-17-4-1-2-6-20(17)31-22(25,26)27/h1-2,4,6-8,16H,3,5,9-15H2. The molecule has 2 aromatic rings. The van der Waals surface area contributed by atoms with E-state index < -0.39 is 18.0 Å². The van der Waals surface area contributed by atoms with Gasteiger partial charge in [0.05, 0.1) is 0 Å². The molecule has 0 amide bonds. The zero-order valence-electron chi connectivity index (χ0n) is 17.0. The molecule has 0 saturated carbocycles. The fraction of sp³-hybridized carbons (Fsp3) is 0.455. The lowest BCUT2D eigenvalue weighted by Crippen LogP contribution is -2.47. The summed E-state index contributed by atoms with van der Waals surface area (Å²) in [6.07, 6.45) is -3.46. The quantitative estimate of drug-likeness (QED) is 0.532. The topological polar surface area (TPSA) is 24.9 Å².